The first-order chi connectivity index (χ1) is 12.2. The van der Waals surface area contributed by atoms with E-state index in [-0.39, 0.29) is 12.4 Å². The summed E-state index contributed by atoms with van der Waals surface area (Å²) in [4.78, 5) is 2.49. The number of methoxy groups -OCH3 is 1. The summed E-state index contributed by atoms with van der Waals surface area (Å²) in [7, 11) is 3.98. The third kappa shape index (κ3) is 5.00. The van der Waals surface area contributed by atoms with Gasteiger partial charge in [0.1, 0.15) is 5.75 Å². The molecule has 3 rings (SSSR count). The summed E-state index contributed by atoms with van der Waals surface area (Å²) in [5, 5.41) is 3.45. The lowest BCUT2D eigenvalue weighted by molar-refractivity contribution is 0.197. The Bertz CT molecular complexity index is 668. The first-order valence-corrected chi connectivity index (χ1v) is 9.33. The molecule has 1 heterocycles. The molecule has 1 saturated heterocycles. The molecule has 1 unspecified atom stereocenters. The van der Waals surface area contributed by atoms with Gasteiger partial charge in [-0.25, -0.2) is 0 Å². The van der Waals surface area contributed by atoms with E-state index in [4.69, 9.17) is 4.74 Å². The van der Waals surface area contributed by atoms with Crippen molar-refractivity contribution >= 4 is 12.4 Å². The summed E-state index contributed by atoms with van der Waals surface area (Å²) in [5.74, 6) is 1.74. The summed E-state index contributed by atoms with van der Waals surface area (Å²) in [5.41, 5.74) is 3.72. The van der Waals surface area contributed by atoms with Crippen molar-refractivity contribution in [2.24, 2.45) is 5.92 Å². The predicted molar refractivity (Wildman–Crippen MR) is 112 cm³/mol. The molecule has 0 radical (unpaired) electrons. The molecule has 0 amide bonds. The van der Waals surface area contributed by atoms with Gasteiger partial charge in [0.05, 0.1) is 7.11 Å². The van der Waals surface area contributed by atoms with Crippen LogP contribution in [0, 0.1) is 5.92 Å². The summed E-state index contributed by atoms with van der Waals surface area (Å²) in [6.45, 7) is 5.82. The van der Waals surface area contributed by atoms with E-state index in [1.54, 1.807) is 7.11 Å². The van der Waals surface area contributed by atoms with Crippen molar-refractivity contribution in [3.8, 4) is 16.9 Å². The van der Waals surface area contributed by atoms with Gasteiger partial charge in [0.25, 0.3) is 0 Å². The van der Waals surface area contributed by atoms with Gasteiger partial charge in [-0.2, -0.15) is 0 Å². The van der Waals surface area contributed by atoms with Crippen molar-refractivity contribution in [1.82, 2.24) is 10.2 Å². The number of nitrogens with zero attached hydrogens (tertiary/aromatic N) is 1. The second-order valence-electron chi connectivity index (χ2n) is 7.13. The quantitative estimate of drug-likeness (QED) is 0.787. The van der Waals surface area contributed by atoms with Crippen molar-refractivity contribution in [2.75, 3.05) is 33.8 Å². The molecule has 142 valence electrons. The van der Waals surface area contributed by atoms with E-state index in [9.17, 15) is 0 Å². The molecule has 1 atom stereocenters. The lowest BCUT2D eigenvalue weighted by Crippen LogP contribution is -2.35. The van der Waals surface area contributed by atoms with Crippen molar-refractivity contribution < 1.29 is 4.74 Å². The van der Waals surface area contributed by atoms with Gasteiger partial charge in [0.2, 0.25) is 0 Å². The van der Waals surface area contributed by atoms with Crippen LogP contribution in [0.5, 0.6) is 5.75 Å². The van der Waals surface area contributed by atoms with E-state index in [0.717, 1.165) is 17.2 Å². The van der Waals surface area contributed by atoms with Crippen molar-refractivity contribution in [1.29, 1.82) is 0 Å². The van der Waals surface area contributed by atoms with Crippen LogP contribution in [0.4, 0.5) is 0 Å². The minimum absolute atomic E-state index is 0. The van der Waals surface area contributed by atoms with E-state index in [1.807, 2.05) is 12.1 Å². The molecule has 1 fully saturated rings. The molecule has 4 heteroatoms. The van der Waals surface area contributed by atoms with Gasteiger partial charge in [0.15, 0.2) is 0 Å². The number of halogens is 1. The van der Waals surface area contributed by atoms with Gasteiger partial charge >= 0.3 is 0 Å². The van der Waals surface area contributed by atoms with Crippen molar-refractivity contribution in [3.63, 3.8) is 0 Å². The Kier molecular flexibility index (Phi) is 7.95. The number of para-hydroxylation sites is 1. The molecule has 0 aliphatic carbocycles. The summed E-state index contributed by atoms with van der Waals surface area (Å²) >= 11 is 0. The van der Waals surface area contributed by atoms with Crippen molar-refractivity contribution in [3.05, 3.63) is 54.1 Å². The minimum Gasteiger partial charge on any atom is -0.496 e. The monoisotopic (exact) mass is 374 g/mol. The molecule has 1 aliphatic rings. The number of rotatable bonds is 6. The van der Waals surface area contributed by atoms with E-state index in [0.29, 0.717) is 6.04 Å². The fraction of sp³-hybridized carbons (Fsp3) is 0.455. The molecule has 0 bridgehead atoms. The third-order valence-electron chi connectivity index (χ3n) is 5.48. The lowest BCUT2D eigenvalue weighted by atomic mass is 9.96. The average Bonchev–Trinajstić information content (AvgIpc) is 2.68. The lowest BCUT2D eigenvalue weighted by Gasteiger charge is -2.31. The third-order valence-corrected chi connectivity index (χ3v) is 5.48. The highest BCUT2D eigenvalue weighted by molar-refractivity contribution is 5.85. The summed E-state index contributed by atoms with van der Waals surface area (Å²) < 4.78 is 5.49. The zero-order valence-electron chi connectivity index (χ0n) is 16.1. The molecule has 0 saturated carbocycles. The number of hydrogen-bond acceptors (Lipinski definition) is 3. The van der Waals surface area contributed by atoms with Crippen LogP contribution in [0.25, 0.3) is 11.1 Å². The largest absolute Gasteiger partial charge is 0.496 e. The molecule has 0 spiro atoms. The second-order valence-corrected chi connectivity index (χ2v) is 7.13. The first-order valence-electron chi connectivity index (χ1n) is 9.33. The molecule has 26 heavy (non-hydrogen) atoms. The Morgan fingerprint density at radius 3 is 2.38 bits per heavy atom. The molecule has 2 aromatic carbocycles. The molecule has 1 N–H and O–H groups in total. The predicted octanol–water partition coefficient (Wildman–Crippen LogP) is 4.78. The number of benzene rings is 2. The van der Waals surface area contributed by atoms with Crippen LogP contribution < -0.4 is 10.1 Å². The molecule has 1 aliphatic heterocycles. The van der Waals surface area contributed by atoms with Crippen LogP contribution in [0.15, 0.2) is 48.5 Å². The van der Waals surface area contributed by atoms with Crippen LogP contribution in [-0.4, -0.2) is 38.7 Å². The maximum absolute atomic E-state index is 5.49. The Morgan fingerprint density at radius 1 is 1.08 bits per heavy atom. The Labute approximate surface area is 164 Å². The average molecular weight is 375 g/mol. The SMILES string of the molecule is COc1ccccc1-c1ccc(C(C)N(C)CC2CCNCC2)cc1.Cl. The Balaban J connectivity index is 0.00000243. The molecular formula is C22H31ClN2O. The van der Waals surface area contributed by atoms with E-state index in [1.165, 1.54) is 43.6 Å². The summed E-state index contributed by atoms with van der Waals surface area (Å²) in [6.07, 6.45) is 2.59. The second kappa shape index (κ2) is 9.96. The van der Waals surface area contributed by atoms with Crippen LogP contribution in [0.2, 0.25) is 0 Å². The zero-order valence-corrected chi connectivity index (χ0v) is 16.9. The van der Waals surface area contributed by atoms with Crippen molar-refractivity contribution in [2.45, 2.75) is 25.8 Å². The highest BCUT2D eigenvalue weighted by atomic mass is 35.5. The maximum atomic E-state index is 5.49. The van der Waals surface area contributed by atoms with E-state index >= 15 is 0 Å². The molecular weight excluding hydrogens is 344 g/mol. The number of hydrogen-bond donors (Lipinski definition) is 1. The smallest absolute Gasteiger partial charge is 0.126 e. The Hall–Kier alpha value is -1.55. The van der Waals surface area contributed by atoms with Crippen LogP contribution >= 0.6 is 12.4 Å². The van der Waals surface area contributed by atoms with Crippen LogP contribution in [0.1, 0.15) is 31.4 Å². The molecule has 0 aromatic heterocycles. The van der Waals surface area contributed by atoms with Gasteiger partial charge in [-0.15, -0.1) is 12.4 Å². The van der Waals surface area contributed by atoms with E-state index in [2.05, 4.69) is 60.6 Å². The fourth-order valence-corrected chi connectivity index (χ4v) is 3.71. The minimum atomic E-state index is 0. The van der Waals surface area contributed by atoms with E-state index < -0.39 is 0 Å². The highest BCUT2D eigenvalue weighted by Gasteiger charge is 2.19. The number of piperidine rings is 1. The summed E-state index contributed by atoms with van der Waals surface area (Å²) in [6, 6.07) is 17.6. The van der Waals surface area contributed by atoms with Crippen LogP contribution in [-0.2, 0) is 0 Å². The normalized spacial score (nSPS) is 16.2. The standard InChI is InChI=1S/C22H30N2O.ClH/c1-17(24(2)16-18-12-14-23-15-13-18)19-8-10-20(11-9-19)21-6-4-5-7-22(21)25-3;/h4-11,17-18,23H,12-16H2,1-3H3;1H. The zero-order chi connectivity index (χ0) is 17.6. The Morgan fingerprint density at radius 2 is 1.73 bits per heavy atom. The van der Waals surface area contributed by atoms with Crippen LogP contribution in [0.3, 0.4) is 0 Å². The molecule has 2 aromatic rings. The number of nitrogens with one attached hydrogen (secondary N) is 1. The van der Waals surface area contributed by atoms with Gasteiger partial charge in [-0.1, -0.05) is 42.5 Å². The number of ether oxygens (including phenoxy) is 1. The maximum Gasteiger partial charge on any atom is 0.126 e. The topological polar surface area (TPSA) is 24.5 Å². The van der Waals surface area contributed by atoms with Gasteiger partial charge in [-0.3, -0.25) is 4.90 Å². The fourth-order valence-electron chi connectivity index (χ4n) is 3.71. The molecule has 3 nitrogen and oxygen atoms in total. The first kappa shape index (κ1) is 20.8. The highest BCUT2D eigenvalue weighted by Crippen LogP contribution is 2.31. The van der Waals surface area contributed by atoms with Gasteiger partial charge in [-0.05, 0) is 63.0 Å². The van der Waals surface area contributed by atoms with Gasteiger partial charge < -0.3 is 10.1 Å². The van der Waals surface area contributed by atoms with Gasteiger partial charge in [0, 0.05) is 18.2 Å².